The van der Waals surface area contributed by atoms with Gasteiger partial charge in [-0.3, -0.25) is 9.88 Å². The van der Waals surface area contributed by atoms with Gasteiger partial charge in [0.2, 0.25) is 11.7 Å². The van der Waals surface area contributed by atoms with Gasteiger partial charge >= 0.3 is 0 Å². The summed E-state index contributed by atoms with van der Waals surface area (Å²) in [4.78, 5) is 11.0. The van der Waals surface area contributed by atoms with Crippen molar-refractivity contribution in [3.05, 3.63) is 60.2 Å². The molecular formula is C19H20N4O2. The van der Waals surface area contributed by atoms with E-state index < -0.39 is 0 Å². The number of ether oxygens (including phenoxy) is 1. The average Bonchev–Trinajstić information content (AvgIpc) is 3.33. The molecule has 6 nitrogen and oxygen atoms in total. The molecule has 1 unspecified atom stereocenters. The standard InChI is InChI=1S/C19H20N4O2/c1-24-16-8-6-14(7-9-16)17-5-3-11-23(17)13-18-21-19(22-25-18)15-4-2-10-20-12-15/h2,4,6-10,12,17H,3,5,11,13H2,1H3. The fourth-order valence-corrected chi connectivity index (χ4v) is 3.32. The third-order valence-electron chi connectivity index (χ3n) is 4.59. The molecule has 0 bridgehead atoms. The van der Waals surface area contributed by atoms with Crippen molar-refractivity contribution in [1.82, 2.24) is 20.0 Å². The number of aromatic nitrogens is 3. The third-order valence-corrected chi connectivity index (χ3v) is 4.59. The topological polar surface area (TPSA) is 64.3 Å². The Kier molecular flexibility index (Phi) is 4.43. The highest BCUT2D eigenvalue weighted by atomic mass is 16.5. The molecule has 0 N–H and O–H groups in total. The molecule has 0 radical (unpaired) electrons. The first kappa shape index (κ1) is 15.8. The number of hydrogen-bond donors (Lipinski definition) is 0. The lowest BCUT2D eigenvalue weighted by Gasteiger charge is -2.23. The minimum absolute atomic E-state index is 0.375. The van der Waals surface area contributed by atoms with Crippen LogP contribution in [0.1, 0.15) is 30.3 Å². The van der Waals surface area contributed by atoms with E-state index in [1.807, 2.05) is 24.3 Å². The monoisotopic (exact) mass is 336 g/mol. The zero-order chi connectivity index (χ0) is 17.1. The second-order valence-corrected chi connectivity index (χ2v) is 6.16. The lowest BCUT2D eigenvalue weighted by Crippen LogP contribution is -2.22. The van der Waals surface area contributed by atoms with E-state index in [0.29, 0.717) is 24.3 Å². The molecule has 1 fully saturated rings. The fourth-order valence-electron chi connectivity index (χ4n) is 3.32. The van der Waals surface area contributed by atoms with Gasteiger partial charge in [0.05, 0.1) is 13.7 Å². The first-order valence-electron chi connectivity index (χ1n) is 8.44. The fraction of sp³-hybridized carbons (Fsp3) is 0.316. The molecule has 128 valence electrons. The van der Waals surface area contributed by atoms with Crippen LogP contribution in [0.15, 0.2) is 53.3 Å². The van der Waals surface area contributed by atoms with Crippen molar-refractivity contribution in [3.63, 3.8) is 0 Å². The molecule has 1 aromatic carbocycles. The Hall–Kier alpha value is -2.73. The molecule has 3 heterocycles. The normalized spacial score (nSPS) is 17.7. The van der Waals surface area contributed by atoms with Crippen LogP contribution in [0.3, 0.4) is 0 Å². The van der Waals surface area contributed by atoms with E-state index in [9.17, 15) is 0 Å². The summed E-state index contributed by atoms with van der Waals surface area (Å²) in [7, 11) is 1.69. The van der Waals surface area contributed by atoms with Crippen LogP contribution in [0.2, 0.25) is 0 Å². The maximum absolute atomic E-state index is 5.45. The second kappa shape index (κ2) is 7.03. The van der Waals surface area contributed by atoms with E-state index >= 15 is 0 Å². The molecule has 25 heavy (non-hydrogen) atoms. The largest absolute Gasteiger partial charge is 0.497 e. The number of hydrogen-bond acceptors (Lipinski definition) is 6. The Morgan fingerprint density at radius 2 is 2.12 bits per heavy atom. The summed E-state index contributed by atoms with van der Waals surface area (Å²) < 4.78 is 10.7. The maximum atomic E-state index is 5.45. The Balaban J connectivity index is 1.49. The molecule has 4 rings (SSSR count). The van der Waals surface area contributed by atoms with Gasteiger partial charge in [0.1, 0.15) is 5.75 Å². The van der Waals surface area contributed by atoms with Crippen LogP contribution in [0.5, 0.6) is 5.75 Å². The van der Waals surface area contributed by atoms with Crippen molar-refractivity contribution in [1.29, 1.82) is 0 Å². The van der Waals surface area contributed by atoms with Gasteiger partial charge < -0.3 is 9.26 Å². The van der Waals surface area contributed by atoms with Gasteiger partial charge in [-0.05, 0) is 49.2 Å². The summed E-state index contributed by atoms with van der Waals surface area (Å²) >= 11 is 0. The minimum atomic E-state index is 0.375. The van der Waals surface area contributed by atoms with Gasteiger partial charge in [-0.2, -0.15) is 4.98 Å². The summed E-state index contributed by atoms with van der Waals surface area (Å²) in [6.07, 6.45) is 5.77. The van der Waals surface area contributed by atoms with Crippen molar-refractivity contribution in [2.24, 2.45) is 0 Å². The van der Waals surface area contributed by atoms with E-state index in [1.165, 1.54) is 12.0 Å². The lowest BCUT2D eigenvalue weighted by molar-refractivity contribution is 0.212. The molecule has 0 saturated carbocycles. The van der Waals surface area contributed by atoms with E-state index in [-0.39, 0.29) is 0 Å². The molecule has 0 aliphatic carbocycles. The van der Waals surface area contributed by atoms with E-state index in [2.05, 4.69) is 32.2 Å². The Morgan fingerprint density at radius 3 is 2.88 bits per heavy atom. The van der Waals surface area contributed by atoms with Gasteiger partial charge in [-0.1, -0.05) is 17.3 Å². The molecule has 1 atom stereocenters. The zero-order valence-electron chi connectivity index (χ0n) is 14.1. The van der Waals surface area contributed by atoms with Crippen molar-refractivity contribution in [2.45, 2.75) is 25.4 Å². The van der Waals surface area contributed by atoms with Crippen molar-refractivity contribution < 1.29 is 9.26 Å². The number of methoxy groups -OCH3 is 1. The number of likely N-dealkylation sites (tertiary alicyclic amines) is 1. The third kappa shape index (κ3) is 3.39. The molecule has 2 aromatic heterocycles. The summed E-state index contributed by atoms with van der Waals surface area (Å²) in [5.74, 6) is 2.11. The van der Waals surface area contributed by atoms with Crippen LogP contribution in [-0.2, 0) is 6.54 Å². The van der Waals surface area contributed by atoms with E-state index in [1.54, 1.807) is 19.5 Å². The highest BCUT2D eigenvalue weighted by Crippen LogP contribution is 2.33. The predicted octanol–water partition coefficient (Wildman–Crippen LogP) is 3.48. The number of benzene rings is 1. The number of rotatable bonds is 5. The Bertz CT molecular complexity index is 817. The first-order chi connectivity index (χ1) is 12.3. The van der Waals surface area contributed by atoms with E-state index in [0.717, 1.165) is 24.3 Å². The average molecular weight is 336 g/mol. The molecule has 3 aromatic rings. The highest BCUT2D eigenvalue weighted by Gasteiger charge is 2.27. The van der Waals surface area contributed by atoms with Crippen LogP contribution in [0.4, 0.5) is 0 Å². The van der Waals surface area contributed by atoms with Crippen molar-refractivity contribution in [2.75, 3.05) is 13.7 Å². The van der Waals surface area contributed by atoms with Crippen LogP contribution in [-0.4, -0.2) is 33.7 Å². The first-order valence-corrected chi connectivity index (χ1v) is 8.44. The Labute approximate surface area is 146 Å². The smallest absolute Gasteiger partial charge is 0.241 e. The summed E-state index contributed by atoms with van der Waals surface area (Å²) in [6, 6.07) is 12.5. The van der Waals surface area contributed by atoms with Crippen molar-refractivity contribution in [3.8, 4) is 17.1 Å². The molecular weight excluding hydrogens is 316 g/mol. The van der Waals surface area contributed by atoms with E-state index in [4.69, 9.17) is 9.26 Å². The molecule has 6 heteroatoms. The molecule has 1 aliphatic heterocycles. The quantitative estimate of drug-likeness (QED) is 0.711. The summed E-state index contributed by atoms with van der Waals surface area (Å²) in [5, 5.41) is 4.08. The maximum Gasteiger partial charge on any atom is 0.241 e. The van der Waals surface area contributed by atoms with Crippen LogP contribution >= 0.6 is 0 Å². The Morgan fingerprint density at radius 1 is 1.24 bits per heavy atom. The van der Waals surface area contributed by atoms with Crippen LogP contribution in [0.25, 0.3) is 11.4 Å². The summed E-state index contributed by atoms with van der Waals surface area (Å²) in [5.41, 5.74) is 2.16. The second-order valence-electron chi connectivity index (χ2n) is 6.16. The summed E-state index contributed by atoms with van der Waals surface area (Å²) in [6.45, 7) is 1.69. The minimum Gasteiger partial charge on any atom is -0.497 e. The van der Waals surface area contributed by atoms with Gasteiger partial charge in [0.25, 0.3) is 0 Å². The van der Waals surface area contributed by atoms with Crippen LogP contribution < -0.4 is 4.74 Å². The predicted molar refractivity (Wildman–Crippen MR) is 92.9 cm³/mol. The van der Waals surface area contributed by atoms with Gasteiger partial charge in [0.15, 0.2) is 0 Å². The molecule has 1 saturated heterocycles. The van der Waals surface area contributed by atoms with Crippen molar-refractivity contribution >= 4 is 0 Å². The SMILES string of the molecule is COc1ccc(C2CCCN2Cc2nc(-c3cccnc3)no2)cc1. The van der Waals surface area contributed by atoms with Gasteiger partial charge in [-0.15, -0.1) is 0 Å². The van der Waals surface area contributed by atoms with Gasteiger partial charge in [-0.25, -0.2) is 0 Å². The molecule has 0 spiro atoms. The number of nitrogens with zero attached hydrogens (tertiary/aromatic N) is 4. The van der Waals surface area contributed by atoms with Crippen LogP contribution in [0, 0.1) is 0 Å². The van der Waals surface area contributed by atoms with Gasteiger partial charge in [0, 0.05) is 24.0 Å². The molecule has 0 amide bonds. The lowest BCUT2D eigenvalue weighted by atomic mass is 10.0. The molecule has 1 aliphatic rings. The highest BCUT2D eigenvalue weighted by molar-refractivity contribution is 5.51. The zero-order valence-corrected chi connectivity index (χ0v) is 14.1. The number of pyridine rings is 1.